The Morgan fingerprint density at radius 2 is 1.95 bits per heavy atom. The molecule has 4 heteroatoms. The van der Waals surface area contributed by atoms with Gasteiger partial charge in [-0.1, -0.05) is 18.2 Å². The molecule has 0 bridgehead atoms. The lowest BCUT2D eigenvalue weighted by molar-refractivity contribution is -0.145. The van der Waals surface area contributed by atoms with Gasteiger partial charge in [0.05, 0.1) is 6.61 Å². The van der Waals surface area contributed by atoms with Crippen molar-refractivity contribution in [3.8, 4) is 5.75 Å². The fourth-order valence-electron chi connectivity index (χ4n) is 1.49. The normalized spacial score (nSPS) is 11.2. The summed E-state index contributed by atoms with van der Waals surface area (Å²) in [5.41, 5.74) is 1.07. The van der Waals surface area contributed by atoms with Crippen LogP contribution in [0.4, 0.5) is 0 Å². The predicted octanol–water partition coefficient (Wildman–Crippen LogP) is 2.52. The first-order valence-electron chi connectivity index (χ1n) is 6.53. The van der Waals surface area contributed by atoms with Crippen LogP contribution in [0.3, 0.4) is 0 Å². The van der Waals surface area contributed by atoms with Crippen LogP contribution >= 0.6 is 0 Å². The Balaban J connectivity index is 2.60. The lowest BCUT2D eigenvalue weighted by Crippen LogP contribution is -2.35. The minimum atomic E-state index is -0.346. The quantitative estimate of drug-likeness (QED) is 0.803. The zero-order valence-corrected chi connectivity index (χ0v) is 12.2. The van der Waals surface area contributed by atoms with Gasteiger partial charge in [-0.05, 0) is 33.8 Å². The molecule has 0 amide bonds. The molecular formula is C15H23NO3. The van der Waals surface area contributed by atoms with E-state index in [-0.39, 0.29) is 18.1 Å². The largest absolute Gasteiger partial charge is 0.482 e. The van der Waals surface area contributed by atoms with Crippen molar-refractivity contribution in [3.05, 3.63) is 29.8 Å². The zero-order chi connectivity index (χ0) is 14.3. The second-order valence-corrected chi connectivity index (χ2v) is 5.30. The second-order valence-electron chi connectivity index (χ2n) is 5.30. The molecule has 19 heavy (non-hydrogen) atoms. The van der Waals surface area contributed by atoms with E-state index in [1.165, 1.54) is 0 Å². The van der Waals surface area contributed by atoms with E-state index in [0.29, 0.717) is 18.9 Å². The number of esters is 1. The lowest BCUT2D eigenvalue weighted by Gasteiger charge is -2.21. The number of ether oxygens (including phenoxy) is 2. The fraction of sp³-hybridized carbons (Fsp3) is 0.533. The molecule has 0 spiro atoms. The highest BCUT2D eigenvalue weighted by Crippen LogP contribution is 2.18. The molecule has 1 aromatic rings. The van der Waals surface area contributed by atoms with Crippen LogP contribution in [-0.4, -0.2) is 24.7 Å². The summed E-state index contributed by atoms with van der Waals surface area (Å²) in [5.74, 6) is 0.369. The van der Waals surface area contributed by atoms with Crippen LogP contribution in [0.2, 0.25) is 0 Å². The Hall–Kier alpha value is -1.55. The van der Waals surface area contributed by atoms with Crippen molar-refractivity contribution in [1.29, 1.82) is 0 Å². The molecule has 0 aromatic heterocycles. The summed E-state index contributed by atoms with van der Waals surface area (Å²) in [5, 5.41) is 3.40. The van der Waals surface area contributed by atoms with Crippen LogP contribution in [-0.2, 0) is 16.1 Å². The Morgan fingerprint density at radius 1 is 1.26 bits per heavy atom. The van der Waals surface area contributed by atoms with Crippen LogP contribution in [0, 0.1) is 0 Å². The number of benzene rings is 1. The number of hydrogen-bond acceptors (Lipinski definition) is 4. The third kappa shape index (κ3) is 6.25. The van der Waals surface area contributed by atoms with Crippen LogP contribution in [0.1, 0.15) is 33.3 Å². The number of carbonyl (C=O) groups is 1. The van der Waals surface area contributed by atoms with Gasteiger partial charge in [0, 0.05) is 17.6 Å². The number of nitrogens with one attached hydrogen (secondary N) is 1. The molecule has 0 aliphatic carbocycles. The van der Waals surface area contributed by atoms with Crippen molar-refractivity contribution in [2.75, 3.05) is 13.2 Å². The highest BCUT2D eigenvalue weighted by atomic mass is 16.6. The maximum atomic E-state index is 11.3. The van der Waals surface area contributed by atoms with Crippen molar-refractivity contribution in [1.82, 2.24) is 5.32 Å². The molecule has 0 atom stereocenters. The molecule has 1 aromatic carbocycles. The van der Waals surface area contributed by atoms with E-state index in [9.17, 15) is 4.79 Å². The molecule has 0 radical (unpaired) electrons. The minimum Gasteiger partial charge on any atom is -0.482 e. The van der Waals surface area contributed by atoms with Gasteiger partial charge in [0.2, 0.25) is 0 Å². The monoisotopic (exact) mass is 265 g/mol. The standard InChI is InChI=1S/C15H23NO3/c1-5-18-14(17)11-19-13-9-7-6-8-12(13)10-16-15(2,3)4/h6-9,16H,5,10-11H2,1-4H3. The van der Waals surface area contributed by atoms with Gasteiger partial charge in [0.25, 0.3) is 0 Å². The average Bonchev–Trinajstić information content (AvgIpc) is 2.34. The minimum absolute atomic E-state index is 0.0360. The van der Waals surface area contributed by atoms with E-state index in [1.807, 2.05) is 24.3 Å². The first-order chi connectivity index (χ1) is 8.92. The number of rotatable bonds is 6. The summed E-state index contributed by atoms with van der Waals surface area (Å²) in [6.07, 6.45) is 0. The Kier molecular flexibility index (Phi) is 5.83. The molecule has 0 aliphatic heterocycles. The molecule has 1 rings (SSSR count). The highest BCUT2D eigenvalue weighted by molar-refractivity contribution is 5.71. The van der Waals surface area contributed by atoms with Gasteiger partial charge in [-0.3, -0.25) is 0 Å². The molecule has 0 aliphatic rings. The van der Waals surface area contributed by atoms with Crippen LogP contribution in [0.5, 0.6) is 5.75 Å². The average molecular weight is 265 g/mol. The third-order valence-corrected chi connectivity index (χ3v) is 2.43. The molecule has 1 N–H and O–H groups in total. The van der Waals surface area contributed by atoms with Crippen LogP contribution in [0.15, 0.2) is 24.3 Å². The summed E-state index contributed by atoms with van der Waals surface area (Å²) in [4.78, 5) is 11.3. The first kappa shape index (κ1) is 15.5. The summed E-state index contributed by atoms with van der Waals surface area (Å²) in [6, 6.07) is 7.69. The first-order valence-corrected chi connectivity index (χ1v) is 6.53. The molecule has 0 saturated carbocycles. The molecule has 4 nitrogen and oxygen atoms in total. The van der Waals surface area contributed by atoms with E-state index in [1.54, 1.807) is 6.92 Å². The molecular weight excluding hydrogens is 242 g/mol. The van der Waals surface area contributed by atoms with Crippen LogP contribution < -0.4 is 10.1 Å². The van der Waals surface area contributed by atoms with Crippen molar-refractivity contribution in [3.63, 3.8) is 0 Å². The van der Waals surface area contributed by atoms with Crippen molar-refractivity contribution in [2.24, 2.45) is 0 Å². The smallest absolute Gasteiger partial charge is 0.344 e. The van der Waals surface area contributed by atoms with Gasteiger partial charge in [-0.2, -0.15) is 0 Å². The van der Waals surface area contributed by atoms with Gasteiger partial charge in [0.1, 0.15) is 5.75 Å². The maximum Gasteiger partial charge on any atom is 0.344 e. The van der Waals surface area contributed by atoms with Gasteiger partial charge >= 0.3 is 5.97 Å². The van der Waals surface area contributed by atoms with Crippen molar-refractivity contribution in [2.45, 2.75) is 39.8 Å². The second kappa shape index (κ2) is 7.14. The fourth-order valence-corrected chi connectivity index (χ4v) is 1.49. The molecule has 0 fully saturated rings. The van der Waals surface area contributed by atoms with Gasteiger partial charge < -0.3 is 14.8 Å². The van der Waals surface area contributed by atoms with E-state index in [0.717, 1.165) is 5.56 Å². The SMILES string of the molecule is CCOC(=O)COc1ccccc1CNC(C)(C)C. The Morgan fingerprint density at radius 3 is 2.58 bits per heavy atom. The summed E-state index contributed by atoms with van der Waals surface area (Å²) >= 11 is 0. The zero-order valence-electron chi connectivity index (χ0n) is 12.2. The maximum absolute atomic E-state index is 11.3. The number of hydrogen-bond donors (Lipinski definition) is 1. The molecule has 0 saturated heterocycles. The lowest BCUT2D eigenvalue weighted by atomic mass is 10.1. The van der Waals surface area contributed by atoms with E-state index < -0.39 is 0 Å². The van der Waals surface area contributed by atoms with E-state index in [4.69, 9.17) is 9.47 Å². The van der Waals surface area contributed by atoms with E-state index in [2.05, 4.69) is 26.1 Å². The van der Waals surface area contributed by atoms with Crippen molar-refractivity contribution < 1.29 is 14.3 Å². The molecule has 106 valence electrons. The number of carbonyl (C=O) groups excluding carboxylic acids is 1. The van der Waals surface area contributed by atoms with Gasteiger partial charge in [-0.25, -0.2) is 4.79 Å². The molecule has 0 unspecified atom stereocenters. The summed E-state index contributed by atoms with van der Waals surface area (Å²) in [6.45, 7) is 9.11. The highest BCUT2D eigenvalue weighted by Gasteiger charge is 2.11. The third-order valence-electron chi connectivity index (χ3n) is 2.43. The van der Waals surface area contributed by atoms with Gasteiger partial charge in [0.15, 0.2) is 6.61 Å². The predicted molar refractivity (Wildman–Crippen MR) is 75.2 cm³/mol. The summed E-state index contributed by atoms with van der Waals surface area (Å²) in [7, 11) is 0. The molecule has 0 heterocycles. The van der Waals surface area contributed by atoms with Crippen LogP contribution in [0.25, 0.3) is 0 Å². The van der Waals surface area contributed by atoms with Crippen molar-refractivity contribution >= 4 is 5.97 Å². The Bertz CT molecular complexity index is 410. The summed E-state index contributed by atoms with van der Waals surface area (Å²) < 4.78 is 10.3. The number of para-hydroxylation sites is 1. The Labute approximate surface area is 115 Å². The van der Waals surface area contributed by atoms with E-state index >= 15 is 0 Å². The topological polar surface area (TPSA) is 47.6 Å². The van der Waals surface area contributed by atoms with Gasteiger partial charge in [-0.15, -0.1) is 0 Å².